The number of amides is 1. The second kappa shape index (κ2) is 5.67. The van der Waals surface area contributed by atoms with Crippen LogP contribution in [-0.4, -0.2) is 35.1 Å². The molecule has 2 aromatic rings. The van der Waals surface area contributed by atoms with E-state index < -0.39 is 0 Å². The van der Waals surface area contributed by atoms with E-state index in [0.717, 1.165) is 43.2 Å². The first kappa shape index (κ1) is 13.2. The summed E-state index contributed by atoms with van der Waals surface area (Å²) in [4.78, 5) is 14.5. The molecule has 0 bridgehead atoms. The van der Waals surface area contributed by atoms with E-state index in [1.54, 1.807) is 0 Å². The number of benzene rings is 1. The number of likely N-dealkylation sites (tertiary alicyclic amines) is 1. The predicted molar refractivity (Wildman–Crippen MR) is 76.6 cm³/mol. The van der Waals surface area contributed by atoms with Crippen molar-refractivity contribution in [3.8, 4) is 0 Å². The molecule has 1 aromatic carbocycles. The number of furan rings is 1. The number of rotatable bonds is 4. The summed E-state index contributed by atoms with van der Waals surface area (Å²) in [6.07, 6.45) is 3.66. The third-order valence-electron chi connectivity index (χ3n) is 3.97. The Hall–Kier alpha value is -1.81. The molecule has 106 valence electrons. The van der Waals surface area contributed by atoms with Crippen LogP contribution in [0.2, 0.25) is 0 Å². The highest BCUT2D eigenvalue weighted by Gasteiger charge is 2.30. The summed E-state index contributed by atoms with van der Waals surface area (Å²) >= 11 is 0. The van der Waals surface area contributed by atoms with E-state index in [2.05, 4.69) is 0 Å². The zero-order valence-corrected chi connectivity index (χ0v) is 11.4. The van der Waals surface area contributed by atoms with Crippen molar-refractivity contribution in [3.63, 3.8) is 0 Å². The Morgan fingerprint density at radius 1 is 1.40 bits per heavy atom. The molecule has 20 heavy (non-hydrogen) atoms. The fourth-order valence-corrected chi connectivity index (χ4v) is 2.96. The Morgan fingerprint density at radius 3 is 3.05 bits per heavy atom. The minimum Gasteiger partial charge on any atom is -0.451 e. The molecule has 2 heterocycles. The van der Waals surface area contributed by atoms with Crippen LogP contribution in [0.5, 0.6) is 0 Å². The smallest absolute Gasteiger partial charge is 0.289 e. The van der Waals surface area contributed by atoms with Gasteiger partial charge in [-0.1, -0.05) is 18.2 Å². The van der Waals surface area contributed by atoms with Crippen LogP contribution >= 0.6 is 0 Å². The molecule has 1 saturated heterocycles. The molecule has 4 nitrogen and oxygen atoms in total. The maximum absolute atomic E-state index is 12.6. The maximum atomic E-state index is 12.6. The van der Waals surface area contributed by atoms with Crippen molar-refractivity contribution in [1.82, 2.24) is 4.90 Å². The highest BCUT2D eigenvalue weighted by atomic mass is 16.3. The fourth-order valence-electron chi connectivity index (χ4n) is 2.96. The molecule has 1 atom stereocenters. The van der Waals surface area contributed by atoms with Crippen LogP contribution in [-0.2, 0) is 0 Å². The first-order chi connectivity index (χ1) is 9.79. The zero-order chi connectivity index (χ0) is 13.9. The lowest BCUT2D eigenvalue weighted by molar-refractivity contribution is 0.0694. The van der Waals surface area contributed by atoms with E-state index in [1.165, 1.54) is 0 Å². The van der Waals surface area contributed by atoms with Crippen LogP contribution in [0, 0.1) is 0 Å². The van der Waals surface area contributed by atoms with Gasteiger partial charge in [0.2, 0.25) is 0 Å². The third-order valence-corrected chi connectivity index (χ3v) is 3.97. The summed E-state index contributed by atoms with van der Waals surface area (Å²) in [5.41, 5.74) is 0.752. The number of aliphatic hydroxyl groups excluding tert-OH is 1. The van der Waals surface area contributed by atoms with Crippen molar-refractivity contribution in [2.75, 3.05) is 13.2 Å². The summed E-state index contributed by atoms with van der Waals surface area (Å²) < 4.78 is 5.65. The number of carbonyl (C=O) groups is 1. The number of hydrogen-bond acceptors (Lipinski definition) is 3. The number of nitrogens with zero attached hydrogens (tertiary/aromatic N) is 1. The van der Waals surface area contributed by atoms with Gasteiger partial charge in [0.25, 0.3) is 5.91 Å². The molecule has 0 spiro atoms. The average Bonchev–Trinajstić information content (AvgIpc) is 3.10. The molecule has 1 aliphatic heterocycles. The van der Waals surface area contributed by atoms with E-state index in [1.807, 2.05) is 35.2 Å². The SMILES string of the molecule is O=C(c1cc2ccccc2o1)N1CCCC1CCCO. The van der Waals surface area contributed by atoms with Gasteiger partial charge < -0.3 is 14.4 Å². The van der Waals surface area contributed by atoms with Crippen LogP contribution in [0.4, 0.5) is 0 Å². The third kappa shape index (κ3) is 2.43. The van der Waals surface area contributed by atoms with E-state index >= 15 is 0 Å². The van der Waals surface area contributed by atoms with Crippen LogP contribution in [0.1, 0.15) is 36.2 Å². The molecule has 1 N–H and O–H groups in total. The van der Waals surface area contributed by atoms with Gasteiger partial charge in [-0.25, -0.2) is 0 Å². The number of carbonyl (C=O) groups excluding carboxylic acids is 1. The molecule has 1 amide bonds. The molecular formula is C16H19NO3. The van der Waals surface area contributed by atoms with E-state index in [9.17, 15) is 4.79 Å². The lowest BCUT2D eigenvalue weighted by atomic mass is 10.1. The molecule has 3 rings (SSSR count). The zero-order valence-electron chi connectivity index (χ0n) is 11.4. The monoisotopic (exact) mass is 273 g/mol. The minimum absolute atomic E-state index is 0.0263. The van der Waals surface area contributed by atoms with Crippen LogP contribution in [0.15, 0.2) is 34.7 Å². The summed E-state index contributed by atoms with van der Waals surface area (Å²) in [5.74, 6) is 0.392. The molecule has 4 heteroatoms. The summed E-state index contributed by atoms with van der Waals surface area (Å²) in [6.45, 7) is 0.967. The first-order valence-electron chi connectivity index (χ1n) is 7.20. The minimum atomic E-state index is -0.0263. The highest BCUT2D eigenvalue weighted by Crippen LogP contribution is 2.26. The molecule has 1 unspecified atom stereocenters. The Bertz CT molecular complexity index is 572. The van der Waals surface area contributed by atoms with Crippen LogP contribution in [0.3, 0.4) is 0 Å². The van der Waals surface area contributed by atoms with Gasteiger partial charge in [-0.3, -0.25) is 4.79 Å². The van der Waals surface area contributed by atoms with Crippen molar-refractivity contribution in [2.45, 2.75) is 31.7 Å². The lowest BCUT2D eigenvalue weighted by Gasteiger charge is -2.23. The van der Waals surface area contributed by atoms with Gasteiger partial charge in [-0.05, 0) is 37.8 Å². The molecule has 1 fully saturated rings. The number of aliphatic hydroxyl groups is 1. The Balaban J connectivity index is 1.80. The van der Waals surface area contributed by atoms with Crippen LogP contribution in [0.25, 0.3) is 11.0 Å². The quantitative estimate of drug-likeness (QED) is 0.932. The van der Waals surface area contributed by atoms with Gasteiger partial charge >= 0.3 is 0 Å². The second-order valence-electron chi connectivity index (χ2n) is 5.31. The standard InChI is InChI=1S/C16H19NO3/c18-10-4-7-13-6-3-9-17(13)16(19)15-11-12-5-1-2-8-14(12)20-15/h1-2,5,8,11,13,18H,3-4,6-7,9-10H2. The van der Waals surface area contributed by atoms with Crippen molar-refractivity contribution >= 4 is 16.9 Å². The van der Waals surface area contributed by atoms with Crippen LogP contribution < -0.4 is 0 Å². The maximum Gasteiger partial charge on any atom is 0.289 e. The Kier molecular flexibility index (Phi) is 3.74. The first-order valence-corrected chi connectivity index (χ1v) is 7.20. The number of hydrogen-bond donors (Lipinski definition) is 1. The van der Waals surface area contributed by atoms with Crippen molar-refractivity contribution in [3.05, 3.63) is 36.1 Å². The van der Waals surface area contributed by atoms with Crippen molar-refractivity contribution in [2.24, 2.45) is 0 Å². The fraction of sp³-hybridized carbons (Fsp3) is 0.438. The molecule has 0 saturated carbocycles. The van der Waals surface area contributed by atoms with E-state index in [4.69, 9.17) is 9.52 Å². The molecule has 1 aliphatic rings. The molecule has 0 radical (unpaired) electrons. The highest BCUT2D eigenvalue weighted by molar-refractivity contribution is 5.96. The molecular weight excluding hydrogens is 254 g/mol. The van der Waals surface area contributed by atoms with Crippen molar-refractivity contribution < 1.29 is 14.3 Å². The van der Waals surface area contributed by atoms with Crippen molar-refractivity contribution in [1.29, 1.82) is 0 Å². The van der Waals surface area contributed by atoms with E-state index in [-0.39, 0.29) is 18.6 Å². The summed E-state index contributed by atoms with van der Waals surface area (Å²) in [5, 5.41) is 9.90. The van der Waals surface area contributed by atoms with Gasteiger partial charge in [0.15, 0.2) is 5.76 Å². The summed E-state index contributed by atoms with van der Waals surface area (Å²) in [7, 11) is 0. The van der Waals surface area contributed by atoms with E-state index in [0.29, 0.717) is 5.76 Å². The normalized spacial score (nSPS) is 18.9. The second-order valence-corrected chi connectivity index (χ2v) is 5.31. The van der Waals surface area contributed by atoms with Gasteiger partial charge in [0.05, 0.1) is 0 Å². The lowest BCUT2D eigenvalue weighted by Crippen LogP contribution is -2.35. The Morgan fingerprint density at radius 2 is 2.25 bits per heavy atom. The number of para-hydroxylation sites is 1. The molecule has 1 aromatic heterocycles. The van der Waals surface area contributed by atoms with Gasteiger partial charge in [-0.15, -0.1) is 0 Å². The largest absolute Gasteiger partial charge is 0.451 e. The Labute approximate surface area is 118 Å². The topological polar surface area (TPSA) is 53.7 Å². The van der Waals surface area contributed by atoms with Gasteiger partial charge in [0, 0.05) is 24.6 Å². The summed E-state index contributed by atoms with van der Waals surface area (Å²) in [6, 6.07) is 9.72. The number of fused-ring (bicyclic) bond motifs is 1. The van der Waals surface area contributed by atoms with Gasteiger partial charge in [-0.2, -0.15) is 0 Å². The molecule has 0 aliphatic carbocycles. The van der Waals surface area contributed by atoms with Gasteiger partial charge in [0.1, 0.15) is 5.58 Å². The predicted octanol–water partition coefficient (Wildman–Crippen LogP) is 2.81. The average molecular weight is 273 g/mol.